The van der Waals surface area contributed by atoms with E-state index >= 15 is 0 Å². The summed E-state index contributed by atoms with van der Waals surface area (Å²) < 4.78 is 0. The Morgan fingerprint density at radius 3 is 2.25 bits per heavy atom. The minimum Gasteiger partial charge on any atom is -0.352 e. The molecule has 0 aromatic heterocycles. The second-order valence-electron chi connectivity index (χ2n) is 9.56. The second-order valence-corrected chi connectivity index (χ2v) is 10.7. The Morgan fingerprint density at radius 1 is 0.917 bits per heavy atom. The summed E-state index contributed by atoms with van der Waals surface area (Å²) in [6.45, 7) is 2.49. The van der Waals surface area contributed by atoms with Crippen LogP contribution in [0.2, 0.25) is 0 Å². The largest absolute Gasteiger partial charge is 0.352 e. The van der Waals surface area contributed by atoms with Crippen LogP contribution in [0.4, 0.5) is 0 Å². The molecule has 0 aliphatic heterocycles. The highest BCUT2D eigenvalue weighted by Gasteiger charge is 2.32. The molecule has 1 aliphatic carbocycles. The van der Waals surface area contributed by atoms with Gasteiger partial charge in [-0.25, -0.2) is 0 Å². The van der Waals surface area contributed by atoms with E-state index in [0.717, 1.165) is 47.3 Å². The Kier molecular flexibility index (Phi) is 9.62. The Labute approximate surface area is 219 Å². The van der Waals surface area contributed by atoms with Crippen molar-refractivity contribution < 1.29 is 9.59 Å². The van der Waals surface area contributed by atoms with Gasteiger partial charge in [0.15, 0.2) is 0 Å². The van der Waals surface area contributed by atoms with Crippen molar-refractivity contribution in [1.82, 2.24) is 10.2 Å². The fourth-order valence-corrected chi connectivity index (χ4v) is 5.67. The summed E-state index contributed by atoms with van der Waals surface area (Å²) >= 11 is 1.68. The molecule has 1 N–H and O–H groups in total. The van der Waals surface area contributed by atoms with Crippen LogP contribution in [0.25, 0.3) is 0 Å². The SMILES string of the molecule is Cc1ccccc1CN(C(=O)CCSc1ccccc1)C(Cc1ccccc1)C(=O)NC1CCCC1. The van der Waals surface area contributed by atoms with Crippen molar-refractivity contribution in [3.63, 3.8) is 0 Å². The maximum atomic E-state index is 13.8. The topological polar surface area (TPSA) is 49.4 Å². The van der Waals surface area contributed by atoms with Gasteiger partial charge >= 0.3 is 0 Å². The van der Waals surface area contributed by atoms with E-state index in [4.69, 9.17) is 0 Å². The molecular formula is C31H36N2O2S. The van der Waals surface area contributed by atoms with Crippen molar-refractivity contribution in [3.8, 4) is 0 Å². The highest BCUT2D eigenvalue weighted by atomic mass is 32.2. The lowest BCUT2D eigenvalue weighted by Gasteiger charge is -2.33. The van der Waals surface area contributed by atoms with Gasteiger partial charge in [-0.3, -0.25) is 9.59 Å². The zero-order valence-corrected chi connectivity index (χ0v) is 21.9. The summed E-state index contributed by atoms with van der Waals surface area (Å²) in [5.41, 5.74) is 3.27. The fourth-order valence-electron chi connectivity index (χ4n) is 4.81. The average molecular weight is 501 g/mol. The molecule has 4 rings (SSSR count). The van der Waals surface area contributed by atoms with Crippen LogP contribution in [0.3, 0.4) is 0 Å². The van der Waals surface area contributed by atoms with E-state index in [0.29, 0.717) is 25.1 Å². The predicted molar refractivity (Wildman–Crippen MR) is 148 cm³/mol. The van der Waals surface area contributed by atoms with E-state index in [2.05, 4.69) is 36.5 Å². The molecule has 1 fully saturated rings. The number of nitrogens with one attached hydrogen (secondary N) is 1. The lowest BCUT2D eigenvalue weighted by Crippen LogP contribution is -2.52. The van der Waals surface area contributed by atoms with Gasteiger partial charge < -0.3 is 10.2 Å². The molecule has 0 radical (unpaired) electrons. The summed E-state index contributed by atoms with van der Waals surface area (Å²) in [4.78, 5) is 30.4. The summed E-state index contributed by atoms with van der Waals surface area (Å²) in [5.74, 6) is 0.655. The zero-order chi connectivity index (χ0) is 25.2. The molecule has 0 bridgehead atoms. The van der Waals surface area contributed by atoms with Crippen LogP contribution in [-0.4, -0.2) is 34.6 Å². The molecule has 188 valence electrons. The van der Waals surface area contributed by atoms with Gasteiger partial charge in [-0.2, -0.15) is 0 Å². The van der Waals surface area contributed by atoms with Gasteiger partial charge in [0.25, 0.3) is 0 Å². The number of thioether (sulfide) groups is 1. The van der Waals surface area contributed by atoms with Crippen molar-refractivity contribution in [1.29, 1.82) is 0 Å². The maximum absolute atomic E-state index is 13.8. The first-order valence-electron chi connectivity index (χ1n) is 13.0. The van der Waals surface area contributed by atoms with Crippen LogP contribution < -0.4 is 5.32 Å². The van der Waals surface area contributed by atoms with E-state index in [9.17, 15) is 9.59 Å². The van der Waals surface area contributed by atoms with Crippen molar-refractivity contribution in [2.24, 2.45) is 0 Å². The molecule has 0 heterocycles. The normalized spacial score (nSPS) is 14.4. The number of hydrogen-bond acceptors (Lipinski definition) is 3. The van der Waals surface area contributed by atoms with Crippen LogP contribution in [0, 0.1) is 6.92 Å². The lowest BCUT2D eigenvalue weighted by atomic mass is 10.0. The zero-order valence-electron chi connectivity index (χ0n) is 21.1. The van der Waals surface area contributed by atoms with Crippen molar-refractivity contribution in [2.45, 2.75) is 69.0 Å². The summed E-state index contributed by atoms with van der Waals surface area (Å²) in [6, 6.07) is 28.0. The average Bonchev–Trinajstić information content (AvgIpc) is 3.41. The first kappa shape index (κ1) is 26.0. The number of benzene rings is 3. The van der Waals surface area contributed by atoms with Gasteiger partial charge in [0.2, 0.25) is 11.8 Å². The third kappa shape index (κ3) is 7.47. The fraction of sp³-hybridized carbons (Fsp3) is 0.355. The highest BCUT2D eigenvalue weighted by Crippen LogP contribution is 2.23. The number of rotatable bonds is 11. The third-order valence-electron chi connectivity index (χ3n) is 6.90. The summed E-state index contributed by atoms with van der Waals surface area (Å²) in [6.07, 6.45) is 5.22. The van der Waals surface area contributed by atoms with Crippen LogP contribution in [0.15, 0.2) is 89.8 Å². The van der Waals surface area contributed by atoms with Gasteiger partial charge in [0.05, 0.1) is 0 Å². The first-order valence-corrected chi connectivity index (χ1v) is 13.9. The summed E-state index contributed by atoms with van der Waals surface area (Å²) in [7, 11) is 0. The number of hydrogen-bond donors (Lipinski definition) is 1. The van der Waals surface area contributed by atoms with Crippen LogP contribution in [0.1, 0.15) is 48.8 Å². The number of amides is 2. The molecule has 2 amide bonds. The molecule has 0 saturated heterocycles. The molecule has 36 heavy (non-hydrogen) atoms. The van der Waals surface area contributed by atoms with Gasteiger partial charge in [0.1, 0.15) is 6.04 Å². The summed E-state index contributed by atoms with van der Waals surface area (Å²) in [5, 5.41) is 3.28. The van der Waals surface area contributed by atoms with Crippen LogP contribution >= 0.6 is 11.8 Å². The lowest BCUT2D eigenvalue weighted by molar-refractivity contribution is -0.141. The maximum Gasteiger partial charge on any atom is 0.243 e. The monoisotopic (exact) mass is 500 g/mol. The first-order chi connectivity index (χ1) is 17.6. The Bertz CT molecular complexity index is 1110. The van der Waals surface area contributed by atoms with E-state index in [1.54, 1.807) is 11.8 Å². The van der Waals surface area contributed by atoms with E-state index in [1.165, 1.54) is 0 Å². The van der Waals surface area contributed by atoms with Crippen molar-refractivity contribution >= 4 is 23.6 Å². The number of nitrogens with zero attached hydrogens (tertiary/aromatic N) is 1. The van der Waals surface area contributed by atoms with Crippen molar-refractivity contribution in [2.75, 3.05) is 5.75 Å². The minimum atomic E-state index is -0.554. The number of carbonyl (C=O) groups excluding carboxylic acids is 2. The standard InChI is InChI=1S/C31H36N2O2S/c1-24-12-8-9-15-26(24)23-33(30(34)20-21-36-28-18-6-3-7-19-28)29(22-25-13-4-2-5-14-25)31(35)32-27-16-10-11-17-27/h2-9,12-15,18-19,27,29H,10-11,16-17,20-23H2,1H3,(H,32,35). The third-order valence-corrected chi connectivity index (χ3v) is 7.92. The van der Waals surface area contributed by atoms with Gasteiger partial charge in [0, 0.05) is 36.1 Å². The van der Waals surface area contributed by atoms with Crippen LogP contribution in [0.5, 0.6) is 0 Å². The van der Waals surface area contributed by atoms with E-state index in [-0.39, 0.29) is 17.9 Å². The van der Waals surface area contributed by atoms with Crippen molar-refractivity contribution in [3.05, 3.63) is 102 Å². The Balaban J connectivity index is 1.57. The highest BCUT2D eigenvalue weighted by molar-refractivity contribution is 7.99. The van der Waals surface area contributed by atoms with E-state index < -0.39 is 6.04 Å². The second kappa shape index (κ2) is 13.3. The molecule has 4 nitrogen and oxygen atoms in total. The molecular weight excluding hydrogens is 464 g/mol. The minimum absolute atomic E-state index is 0.0178. The smallest absolute Gasteiger partial charge is 0.243 e. The number of aryl methyl sites for hydroxylation is 1. The molecule has 3 aromatic rings. The molecule has 0 spiro atoms. The van der Waals surface area contributed by atoms with Gasteiger partial charge in [-0.15, -0.1) is 11.8 Å². The van der Waals surface area contributed by atoms with Gasteiger partial charge in [-0.05, 0) is 48.6 Å². The predicted octanol–water partition coefficient (Wildman–Crippen LogP) is 6.18. The van der Waals surface area contributed by atoms with E-state index in [1.807, 2.05) is 65.6 Å². The molecule has 1 atom stereocenters. The Morgan fingerprint density at radius 2 is 1.56 bits per heavy atom. The molecule has 1 unspecified atom stereocenters. The quantitative estimate of drug-likeness (QED) is 0.320. The van der Waals surface area contributed by atoms with Gasteiger partial charge in [-0.1, -0.05) is 85.6 Å². The molecule has 1 saturated carbocycles. The number of carbonyl (C=O) groups is 2. The molecule has 3 aromatic carbocycles. The molecule has 1 aliphatic rings. The molecule has 5 heteroatoms. The van der Waals surface area contributed by atoms with Crippen LogP contribution in [-0.2, 0) is 22.6 Å². The Hall–Kier alpha value is -3.05.